The number of benzene rings is 3. The van der Waals surface area contributed by atoms with E-state index in [1.165, 1.54) is 0 Å². The number of nitrogens with one attached hydrogen (secondary N) is 3. The molecule has 0 spiro atoms. The largest absolute Gasteiger partial charge is 0.492 e. The molecule has 0 bridgehead atoms. The van der Waals surface area contributed by atoms with Crippen LogP contribution < -0.4 is 25.6 Å². The highest BCUT2D eigenvalue weighted by atomic mass is 32.1. The van der Waals surface area contributed by atoms with Gasteiger partial charge in [-0.25, -0.2) is 0 Å². The zero-order valence-electron chi connectivity index (χ0n) is 18.5. The maximum absolute atomic E-state index is 12.7. The van der Waals surface area contributed by atoms with E-state index in [4.69, 9.17) is 21.7 Å². The zero-order valence-corrected chi connectivity index (χ0v) is 19.3. The highest BCUT2D eigenvalue weighted by Gasteiger charge is 2.15. The van der Waals surface area contributed by atoms with Gasteiger partial charge in [-0.05, 0) is 42.0 Å². The Bertz CT molecular complexity index is 1150. The van der Waals surface area contributed by atoms with Crippen LogP contribution in [0.3, 0.4) is 0 Å². The van der Waals surface area contributed by atoms with Gasteiger partial charge in [-0.15, -0.1) is 0 Å². The first kappa shape index (κ1) is 24.5. The van der Waals surface area contributed by atoms with Gasteiger partial charge in [0.2, 0.25) is 0 Å². The topological polar surface area (TPSA) is 88.7 Å². The van der Waals surface area contributed by atoms with Crippen LogP contribution in [0.4, 0.5) is 0 Å². The molecule has 0 aliphatic rings. The molecule has 0 atom stereocenters. The summed E-state index contributed by atoms with van der Waals surface area (Å²) >= 11 is 5.15. The minimum atomic E-state index is -0.471. The fourth-order valence-electron chi connectivity index (χ4n) is 3.01. The molecule has 3 N–H and O–H groups in total. The van der Waals surface area contributed by atoms with Crippen LogP contribution >= 0.6 is 12.2 Å². The van der Waals surface area contributed by atoms with Crippen LogP contribution in [0.5, 0.6) is 11.5 Å². The van der Waals surface area contributed by atoms with Gasteiger partial charge in [-0.2, -0.15) is 0 Å². The molecule has 2 amide bonds. The molecule has 7 nitrogen and oxygen atoms in total. The van der Waals surface area contributed by atoms with Crippen molar-refractivity contribution < 1.29 is 19.1 Å². The summed E-state index contributed by atoms with van der Waals surface area (Å²) < 4.78 is 11.3. The van der Waals surface area contributed by atoms with Crippen LogP contribution in [0.15, 0.2) is 91.5 Å². The molecular formula is C26H25N3O4S. The molecule has 0 saturated carbocycles. The van der Waals surface area contributed by atoms with Crippen LogP contribution in [-0.2, 0) is 6.42 Å². The minimum absolute atomic E-state index is 0.0677. The first-order valence-corrected chi connectivity index (χ1v) is 11.0. The maximum Gasteiger partial charge on any atom is 0.273 e. The average Bonchev–Trinajstić information content (AvgIpc) is 2.87. The lowest BCUT2D eigenvalue weighted by molar-refractivity contribution is 0.0930. The van der Waals surface area contributed by atoms with Gasteiger partial charge in [0.15, 0.2) is 5.11 Å². The lowest BCUT2D eigenvalue weighted by Gasteiger charge is -2.14. The summed E-state index contributed by atoms with van der Waals surface area (Å²) in [5.41, 5.74) is 6.77. The zero-order chi connectivity index (χ0) is 24.2. The van der Waals surface area contributed by atoms with Gasteiger partial charge in [0.25, 0.3) is 11.8 Å². The van der Waals surface area contributed by atoms with E-state index in [0.29, 0.717) is 35.7 Å². The van der Waals surface area contributed by atoms with Crippen molar-refractivity contribution in [1.82, 2.24) is 16.2 Å². The summed E-state index contributed by atoms with van der Waals surface area (Å²) in [5, 5.41) is 2.47. The Balaban J connectivity index is 1.53. The highest BCUT2D eigenvalue weighted by molar-refractivity contribution is 7.80. The van der Waals surface area contributed by atoms with Crippen molar-refractivity contribution >= 4 is 29.1 Å². The van der Waals surface area contributed by atoms with Gasteiger partial charge in [-0.1, -0.05) is 67.3 Å². The molecule has 0 fully saturated rings. The van der Waals surface area contributed by atoms with Crippen molar-refractivity contribution in [3.05, 3.63) is 108 Å². The number of para-hydroxylation sites is 2. The number of amides is 2. The maximum atomic E-state index is 12.7. The summed E-state index contributed by atoms with van der Waals surface area (Å²) in [6, 6.07) is 23.6. The van der Waals surface area contributed by atoms with E-state index in [1.54, 1.807) is 54.6 Å². The second kappa shape index (κ2) is 12.8. The number of thiocarbonyl (C=S) groups is 1. The summed E-state index contributed by atoms with van der Waals surface area (Å²) in [6.07, 6.45) is 2.29. The summed E-state index contributed by atoms with van der Waals surface area (Å²) in [6.45, 7) is 4.27. The number of ether oxygens (including phenoxy) is 2. The Morgan fingerprint density at radius 2 is 1.38 bits per heavy atom. The van der Waals surface area contributed by atoms with E-state index in [2.05, 4.69) is 22.7 Å². The molecule has 0 aromatic heterocycles. The number of hydrogen-bond donors (Lipinski definition) is 3. The Hall–Kier alpha value is -4.17. The van der Waals surface area contributed by atoms with E-state index in [0.717, 1.165) is 5.56 Å². The van der Waals surface area contributed by atoms with Crippen LogP contribution in [0.25, 0.3) is 0 Å². The number of hydrazine groups is 1. The van der Waals surface area contributed by atoms with Gasteiger partial charge >= 0.3 is 0 Å². The SMILES string of the molecule is C=CCOc1ccccc1C(=O)NNC(=S)NC(=O)c1ccccc1OCCc1ccccc1. The van der Waals surface area contributed by atoms with E-state index in [-0.39, 0.29) is 11.7 Å². The fourth-order valence-corrected chi connectivity index (χ4v) is 3.16. The molecule has 3 rings (SSSR count). The lowest BCUT2D eigenvalue weighted by Crippen LogP contribution is -2.48. The van der Waals surface area contributed by atoms with Crippen molar-refractivity contribution in [3.8, 4) is 11.5 Å². The Labute approximate surface area is 203 Å². The predicted octanol–water partition coefficient (Wildman–Crippen LogP) is 3.82. The Morgan fingerprint density at radius 3 is 2.06 bits per heavy atom. The van der Waals surface area contributed by atoms with Crippen molar-refractivity contribution in [2.75, 3.05) is 13.2 Å². The van der Waals surface area contributed by atoms with Gasteiger partial charge in [-0.3, -0.25) is 25.8 Å². The van der Waals surface area contributed by atoms with E-state index in [9.17, 15) is 9.59 Å². The molecule has 174 valence electrons. The van der Waals surface area contributed by atoms with Gasteiger partial charge < -0.3 is 9.47 Å². The van der Waals surface area contributed by atoms with Crippen LogP contribution in [0.2, 0.25) is 0 Å². The first-order valence-electron chi connectivity index (χ1n) is 10.6. The molecular weight excluding hydrogens is 450 g/mol. The monoisotopic (exact) mass is 475 g/mol. The summed E-state index contributed by atoms with van der Waals surface area (Å²) in [5.74, 6) is -0.0908. The molecule has 3 aromatic carbocycles. The summed E-state index contributed by atoms with van der Waals surface area (Å²) in [7, 11) is 0. The third-order valence-electron chi connectivity index (χ3n) is 4.63. The van der Waals surface area contributed by atoms with Gasteiger partial charge in [0, 0.05) is 6.42 Å². The second-order valence-corrected chi connectivity index (χ2v) is 7.45. The normalized spacial score (nSPS) is 10.0. The molecule has 3 aromatic rings. The smallest absolute Gasteiger partial charge is 0.273 e. The minimum Gasteiger partial charge on any atom is -0.492 e. The molecule has 0 heterocycles. The molecule has 0 radical (unpaired) electrons. The number of carbonyl (C=O) groups is 2. The Morgan fingerprint density at radius 1 is 0.794 bits per heavy atom. The molecule has 0 aliphatic heterocycles. The summed E-state index contributed by atoms with van der Waals surface area (Å²) in [4.78, 5) is 25.2. The standard InChI is InChI=1S/C26H25N3O4S/c1-2-17-32-23-15-9-7-13-21(23)25(31)28-29-26(34)27-24(30)20-12-6-8-14-22(20)33-18-16-19-10-4-3-5-11-19/h2-15H,1,16-18H2,(H,28,31)(H2,27,29,30,34). The van der Waals surface area contributed by atoms with Gasteiger partial charge in [0.05, 0.1) is 17.7 Å². The second-order valence-electron chi connectivity index (χ2n) is 7.04. The quantitative estimate of drug-likeness (QED) is 0.248. The predicted molar refractivity (Wildman–Crippen MR) is 135 cm³/mol. The number of hydrogen-bond acceptors (Lipinski definition) is 5. The molecule has 34 heavy (non-hydrogen) atoms. The number of rotatable bonds is 9. The van der Waals surface area contributed by atoms with E-state index < -0.39 is 11.8 Å². The lowest BCUT2D eigenvalue weighted by atomic mass is 10.1. The average molecular weight is 476 g/mol. The fraction of sp³-hybridized carbons (Fsp3) is 0.115. The van der Waals surface area contributed by atoms with E-state index >= 15 is 0 Å². The molecule has 0 aliphatic carbocycles. The third kappa shape index (κ3) is 7.18. The van der Waals surface area contributed by atoms with E-state index in [1.807, 2.05) is 30.3 Å². The van der Waals surface area contributed by atoms with Crippen LogP contribution in [-0.4, -0.2) is 30.1 Å². The molecule has 0 unspecified atom stereocenters. The van der Waals surface area contributed by atoms with Crippen LogP contribution in [0, 0.1) is 0 Å². The van der Waals surface area contributed by atoms with Crippen molar-refractivity contribution in [2.24, 2.45) is 0 Å². The van der Waals surface area contributed by atoms with Crippen molar-refractivity contribution in [1.29, 1.82) is 0 Å². The van der Waals surface area contributed by atoms with Crippen molar-refractivity contribution in [2.45, 2.75) is 6.42 Å². The first-order chi connectivity index (χ1) is 16.6. The van der Waals surface area contributed by atoms with Gasteiger partial charge in [0.1, 0.15) is 18.1 Å². The number of carbonyl (C=O) groups excluding carboxylic acids is 2. The highest BCUT2D eigenvalue weighted by Crippen LogP contribution is 2.19. The van der Waals surface area contributed by atoms with Crippen molar-refractivity contribution in [3.63, 3.8) is 0 Å². The Kier molecular flexibility index (Phi) is 9.19. The molecule has 0 saturated heterocycles. The molecule has 8 heteroatoms. The van der Waals surface area contributed by atoms with Crippen LogP contribution in [0.1, 0.15) is 26.3 Å². The third-order valence-corrected chi connectivity index (χ3v) is 4.83.